The number of fused-ring (bicyclic) bond motifs is 2. The summed E-state index contributed by atoms with van der Waals surface area (Å²) in [5, 5.41) is 0. The molecule has 1 amide bonds. The Hall–Kier alpha value is -1.92. The van der Waals surface area contributed by atoms with Crippen molar-refractivity contribution < 1.29 is 19.0 Å². The Morgan fingerprint density at radius 1 is 1.30 bits per heavy atom. The summed E-state index contributed by atoms with van der Waals surface area (Å²) in [4.78, 5) is 18.7. The van der Waals surface area contributed by atoms with Crippen molar-refractivity contribution in [3.05, 3.63) is 23.8 Å². The molecule has 27 heavy (non-hydrogen) atoms. The number of aliphatic imine (C=N–C) groups is 1. The SMILES string of the molecule is CCOc1ccc2c(c1)C1(C=N2)CCC(OCC(=O)N2CCOCC2)CC1. The van der Waals surface area contributed by atoms with Gasteiger partial charge in [-0.15, -0.1) is 0 Å². The molecule has 1 saturated heterocycles. The molecular formula is C21H28N2O4. The van der Waals surface area contributed by atoms with Gasteiger partial charge in [0.15, 0.2) is 0 Å². The predicted octanol–water partition coefficient (Wildman–Crippen LogP) is 2.86. The van der Waals surface area contributed by atoms with Crippen LogP contribution in [0.4, 0.5) is 5.69 Å². The topological polar surface area (TPSA) is 60.4 Å². The average molecular weight is 372 g/mol. The van der Waals surface area contributed by atoms with Crippen LogP contribution < -0.4 is 4.74 Å². The number of ether oxygens (including phenoxy) is 3. The van der Waals surface area contributed by atoms with Crippen LogP contribution in [0.25, 0.3) is 0 Å². The molecule has 146 valence electrons. The summed E-state index contributed by atoms with van der Waals surface area (Å²) in [6.07, 6.45) is 6.14. The average Bonchev–Trinajstić information content (AvgIpc) is 3.06. The zero-order valence-corrected chi connectivity index (χ0v) is 16.0. The molecule has 1 spiro atoms. The Balaban J connectivity index is 1.32. The Morgan fingerprint density at radius 2 is 2.07 bits per heavy atom. The van der Waals surface area contributed by atoms with Crippen molar-refractivity contribution in [3.63, 3.8) is 0 Å². The Kier molecular flexibility index (Phi) is 5.45. The van der Waals surface area contributed by atoms with Gasteiger partial charge in [0.25, 0.3) is 0 Å². The van der Waals surface area contributed by atoms with Gasteiger partial charge in [0, 0.05) is 24.7 Å². The molecule has 0 bridgehead atoms. The number of nitrogens with zero attached hydrogens (tertiary/aromatic N) is 2. The highest BCUT2D eigenvalue weighted by molar-refractivity contribution is 5.85. The fourth-order valence-electron chi connectivity index (χ4n) is 4.31. The molecule has 0 atom stereocenters. The summed E-state index contributed by atoms with van der Waals surface area (Å²) in [6, 6.07) is 6.19. The largest absolute Gasteiger partial charge is 0.494 e. The molecule has 6 nitrogen and oxygen atoms in total. The zero-order chi connectivity index (χ0) is 18.7. The van der Waals surface area contributed by atoms with E-state index in [2.05, 4.69) is 23.3 Å². The molecule has 0 aromatic heterocycles. The Labute approximate surface area is 160 Å². The quantitative estimate of drug-likeness (QED) is 0.797. The molecule has 1 aromatic rings. The lowest BCUT2D eigenvalue weighted by molar-refractivity contribution is -0.143. The van der Waals surface area contributed by atoms with Crippen LogP contribution in [0.2, 0.25) is 0 Å². The minimum Gasteiger partial charge on any atom is -0.494 e. The van der Waals surface area contributed by atoms with Crippen molar-refractivity contribution in [2.24, 2.45) is 4.99 Å². The number of hydrogen-bond donors (Lipinski definition) is 0. The van der Waals surface area contributed by atoms with Crippen molar-refractivity contribution >= 4 is 17.8 Å². The summed E-state index contributed by atoms with van der Waals surface area (Å²) in [7, 11) is 0. The Bertz CT molecular complexity index is 704. The lowest BCUT2D eigenvalue weighted by Gasteiger charge is -2.36. The second-order valence-corrected chi connectivity index (χ2v) is 7.53. The van der Waals surface area contributed by atoms with Crippen molar-refractivity contribution in [1.29, 1.82) is 0 Å². The summed E-state index contributed by atoms with van der Waals surface area (Å²) in [5.74, 6) is 0.989. The summed E-state index contributed by atoms with van der Waals surface area (Å²) in [5.41, 5.74) is 2.33. The lowest BCUT2D eigenvalue weighted by atomic mass is 9.70. The molecule has 1 aromatic carbocycles. The van der Waals surface area contributed by atoms with Gasteiger partial charge in [-0.1, -0.05) is 0 Å². The summed E-state index contributed by atoms with van der Waals surface area (Å²) in [6.45, 7) is 5.44. The first-order valence-corrected chi connectivity index (χ1v) is 10.00. The zero-order valence-electron chi connectivity index (χ0n) is 16.0. The molecule has 0 unspecified atom stereocenters. The van der Waals surface area contributed by atoms with Crippen LogP contribution in [-0.4, -0.2) is 62.6 Å². The molecule has 1 aliphatic carbocycles. The standard InChI is InChI=1S/C21H28N2O4/c1-2-26-17-3-4-19-18(13-17)21(15-22-19)7-5-16(6-8-21)27-14-20(24)23-9-11-25-12-10-23/h3-4,13,15-16H,2,5-12,14H2,1H3. The second kappa shape index (κ2) is 7.98. The first kappa shape index (κ1) is 18.4. The number of carbonyl (C=O) groups is 1. The molecule has 0 radical (unpaired) electrons. The highest BCUT2D eigenvalue weighted by Crippen LogP contribution is 2.47. The third-order valence-corrected chi connectivity index (χ3v) is 5.90. The van der Waals surface area contributed by atoms with Gasteiger partial charge in [0.2, 0.25) is 5.91 Å². The van der Waals surface area contributed by atoms with Crippen LogP contribution in [0.15, 0.2) is 23.2 Å². The normalized spacial score (nSPS) is 27.0. The number of rotatable bonds is 5. The minimum absolute atomic E-state index is 0.00345. The van der Waals surface area contributed by atoms with E-state index in [9.17, 15) is 4.79 Å². The van der Waals surface area contributed by atoms with E-state index < -0.39 is 0 Å². The van der Waals surface area contributed by atoms with Crippen LogP contribution in [0.3, 0.4) is 0 Å². The van der Waals surface area contributed by atoms with Gasteiger partial charge in [0.1, 0.15) is 12.4 Å². The molecule has 6 heteroatoms. The van der Waals surface area contributed by atoms with E-state index in [1.807, 2.05) is 17.9 Å². The number of hydrogen-bond acceptors (Lipinski definition) is 5. The van der Waals surface area contributed by atoms with Crippen molar-refractivity contribution in [1.82, 2.24) is 4.90 Å². The highest BCUT2D eigenvalue weighted by Gasteiger charge is 2.40. The summed E-state index contributed by atoms with van der Waals surface area (Å²) < 4.78 is 16.9. The van der Waals surface area contributed by atoms with Crippen molar-refractivity contribution in [2.75, 3.05) is 39.5 Å². The van der Waals surface area contributed by atoms with Crippen LogP contribution in [-0.2, 0) is 19.7 Å². The van der Waals surface area contributed by atoms with Crippen LogP contribution in [0.1, 0.15) is 38.2 Å². The van der Waals surface area contributed by atoms with E-state index in [4.69, 9.17) is 14.2 Å². The summed E-state index contributed by atoms with van der Waals surface area (Å²) >= 11 is 0. The van der Waals surface area contributed by atoms with Gasteiger partial charge in [-0.25, -0.2) is 0 Å². The van der Waals surface area contributed by atoms with E-state index in [1.165, 1.54) is 5.56 Å². The maximum Gasteiger partial charge on any atom is 0.248 e. The van der Waals surface area contributed by atoms with E-state index >= 15 is 0 Å². The maximum atomic E-state index is 12.3. The number of benzene rings is 1. The third-order valence-electron chi connectivity index (χ3n) is 5.90. The molecule has 1 saturated carbocycles. The Morgan fingerprint density at radius 3 is 2.81 bits per heavy atom. The fraction of sp³-hybridized carbons (Fsp3) is 0.619. The molecule has 2 heterocycles. The molecular weight excluding hydrogens is 344 g/mol. The monoisotopic (exact) mass is 372 g/mol. The van der Waals surface area contributed by atoms with Crippen LogP contribution >= 0.6 is 0 Å². The first-order chi connectivity index (χ1) is 13.2. The minimum atomic E-state index is -0.00345. The number of carbonyl (C=O) groups excluding carboxylic acids is 1. The van der Waals surface area contributed by atoms with Gasteiger partial charge < -0.3 is 19.1 Å². The van der Waals surface area contributed by atoms with Crippen molar-refractivity contribution in [3.8, 4) is 5.75 Å². The van der Waals surface area contributed by atoms with E-state index in [0.29, 0.717) is 32.9 Å². The molecule has 3 aliphatic rings. The molecule has 0 N–H and O–H groups in total. The highest BCUT2D eigenvalue weighted by atomic mass is 16.5. The van der Waals surface area contributed by atoms with Gasteiger partial charge in [-0.3, -0.25) is 9.79 Å². The first-order valence-electron chi connectivity index (χ1n) is 10.00. The molecule has 4 rings (SSSR count). The fourth-order valence-corrected chi connectivity index (χ4v) is 4.31. The van der Waals surface area contributed by atoms with Gasteiger partial charge >= 0.3 is 0 Å². The smallest absolute Gasteiger partial charge is 0.248 e. The van der Waals surface area contributed by atoms with E-state index in [1.54, 1.807) is 0 Å². The maximum absolute atomic E-state index is 12.3. The third kappa shape index (κ3) is 3.87. The molecule has 2 aliphatic heterocycles. The van der Waals surface area contributed by atoms with Crippen LogP contribution in [0.5, 0.6) is 5.75 Å². The second-order valence-electron chi connectivity index (χ2n) is 7.53. The van der Waals surface area contributed by atoms with Crippen LogP contribution in [0, 0.1) is 0 Å². The van der Waals surface area contributed by atoms with Gasteiger partial charge in [0.05, 0.1) is 31.6 Å². The van der Waals surface area contributed by atoms with E-state index in [-0.39, 0.29) is 24.0 Å². The number of morpholine rings is 1. The molecule has 2 fully saturated rings. The van der Waals surface area contributed by atoms with E-state index in [0.717, 1.165) is 37.1 Å². The lowest BCUT2D eigenvalue weighted by Crippen LogP contribution is -2.43. The van der Waals surface area contributed by atoms with Gasteiger partial charge in [-0.05, 0) is 56.4 Å². The number of amides is 1. The predicted molar refractivity (Wildman–Crippen MR) is 103 cm³/mol. The van der Waals surface area contributed by atoms with Gasteiger partial charge in [-0.2, -0.15) is 0 Å². The van der Waals surface area contributed by atoms with Crippen molar-refractivity contribution in [2.45, 2.75) is 44.1 Å².